The largest absolute Gasteiger partial charge is 0.391 e. The molecule has 0 amide bonds. The summed E-state index contributed by atoms with van der Waals surface area (Å²) in [7, 11) is 0. The average Bonchev–Trinajstić information content (AvgIpc) is 1.98. The van der Waals surface area contributed by atoms with Crippen LogP contribution < -0.4 is 0 Å². The molecule has 4 heteroatoms. The second-order valence-electron chi connectivity index (χ2n) is 3.19. The van der Waals surface area contributed by atoms with Crippen LogP contribution in [-0.2, 0) is 4.74 Å². The van der Waals surface area contributed by atoms with Crippen molar-refractivity contribution in [2.24, 2.45) is 0 Å². The standard InChI is InChI=1S/C9H17F3O/c1-3-4-5-8(2)13-7-6-9(10,11)12/h8H,3-7H2,1-2H3. The van der Waals surface area contributed by atoms with E-state index < -0.39 is 12.6 Å². The Bertz CT molecular complexity index is 123. The van der Waals surface area contributed by atoms with Crippen molar-refractivity contribution in [1.82, 2.24) is 0 Å². The summed E-state index contributed by atoms with van der Waals surface area (Å²) in [6.07, 6.45) is -2.09. The van der Waals surface area contributed by atoms with Gasteiger partial charge in [0.25, 0.3) is 0 Å². The van der Waals surface area contributed by atoms with Gasteiger partial charge in [0.1, 0.15) is 0 Å². The Morgan fingerprint density at radius 3 is 2.38 bits per heavy atom. The third-order valence-electron chi connectivity index (χ3n) is 1.75. The molecule has 0 rings (SSSR count). The van der Waals surface area contributed by atoms with Gasteiger partial charge in [0.05, 0.1) is 19.1 Å². The summed E-state index contributed by atoms with van der Waals surface area (Å²) in [6, 6.07) is 0. The molecule has 0 aliphatic carbocycles. The molecular formula is C9H17F3O. The SMILES string of the molecule is CCCCC(C)OCCC(F)(F)F. The first-order chi connectivity index (χ1) is 5.95. The van der Waals surface area contributed by atoms with Crippen LogP contribution >= 0.6 is 0 Å². The van der Waals surface area contributed by atoms with Crippen molar-refractivity contribution in [3.05, 3.63) is 0 Å². The molecule has 0 spiro atoms. The topological polar surface area (TPSA) is 9.23 Å². The normalized spacial score (nSPS) is 14.5. The molecule has 1 nitrogen and oxygen atoms in total. The molecule has 0 aromatic heterocycles. The molecule has 0 aliphatic rings. The molecule has 0 fully saturated rings. The summed E-state index contributed by atoms with van der Waals surface area (Å²) in [5.74, 6) is 0. The van der Waals surface area contributed by atoms with Crippen molar-refractivity contribution in [3.8, 4) is 0 Å². The molecule has 0 N–H and O–H groups in total. The minimum absolute atomic E-state index is 0.0534. The van der Waals surface area contributed by atoms with E-state index in [1.807, 2.05) is 13.8 Å². The average molecular weight is 198 g/mol. The van der Waals surface area contributed by atoms with Gasteiger partial charge in [-0.2, -0.15) is 13.2 Å². The van der Waals surface area contributed by atoms with E-state index in [1.165, 1.54) is 0 Å². The zero-order valence-electron chi connectivity index (χ0n) is 8.16. The molecule has 0 saturated heterocycles. The van der Waals surface area contributed by atoms with E-state index in [0.29, 0.717) is 0 Å². The van der Waals surface area contributed by atoms with E-state index in [4.69, 9.17) is 4.74 Å². The molecule has 0 bridgehead atoms. The van der Waals surface area contributed by atoms with Crippen LogP contribution in [0.3, 0.4) is 0 Å². The molecule has 0 saturated carbocycles. The van der Waals surface area contributed by atoms with Crippen molar-refractivity contribution in [3.63, 3.8) is 0 Å². The fourth-order valence-corrected chi connectivity index (χ4v) is 0.951. The summed E-state index contributed by atoms with van der Waals surface area (Å²) in [4.78, 5) is 0. The predicted octanol–water partition coefficient (Wildman–Crippen LogP) is 3.53. The third-order valence-corrected chi connectivity index (χ3v) is 1.75. The van der Waals surface area contributed by atoms with E-state index in [9.17, 15) is 13.2 Å². The molecule has 0 aromatic rings. The first-order valence-corrected chi connectivity index (χ1v) is 4.64. The molecular weight excluding hydrogens is 181 g/mol. The van der Waals surface area contributed by atoms with Crippen molar-refractivity contribution >= 4 is 0 Å². The second-order valence-corrected chi connectivity index (χ2v) is 3.19. The Morgan fingerprint density at radius 2 is 1.92 bits per heavy atom. The number of unbranched alkanes of at least 4 members (excludes halogenated alkanes) is 1. The summed E-state index contributed by atoms with van der Waals surface area (Å²) in [5.41, 5.74) is 0. The predicted molar refractivity (Wildman–Crippen MR) is 45.6 cm³/mol. The van der Waals surface area contributed by atoms with Gasteiger partial charge in [0.2, 0.25) is 0 Å². The van der Waals surface area contributed by atoms with Gasteiger partial charge in [-0.1, -0.05) is 19.8 Å². The summed E-state index contributed by atoms with van der Waals surface area (Å²) < 4.78 is 40.0. The minimum Gasteiger partial charge on any atom is -0.378 e. The Kier molecular flexibility index (Phi) is 6.12. The lowest BCUT2D eigenvalue weighted by atomic mass is 10.2. The van der Waals surface area contributed by atoms with Crippen LogP contribution in [0.15, 0.2) is 0 Å². The molecule has 0 heterocycles. The Morgan fingerprint density at radius 1 is 1.31 bits per heavy atom. The van der Waals surface area contributed by atoms with E-state index in [2.05, 4.69) is 0 Å². The lowest BCUT2D eigenvalue weighted by molar-refractivity contribution is -0.148. The van der Waals surface area contributed by atoms with Gasteiger partial charge in [-0.15, -0.1) is 0 Å². The molecule has 1 atom stereocenters. The number of ether oxygens (including phenoxy) is 1. The number of halogens is 3. The van der Waals surface area contributed by atoms with Crippen LogP contribution in [0.1, 0.15) is 39.5 Å². The molecule has 13 heavy (non-hydrogen) atoms. The van der Waals surface area contributed by atoms with E-state index >= 15 is 0 Å². The van der Waals surface area contributed by atoms with Crippen molar-refractivity contribution in [1.29, 1.82) is 0 Å². The zero-order chi connectivity index (χ0) is 10.3. The fourth-order valence-electron chi connectivity index (χ4n) is 0.951. The Balaban J connectivity index is 3.31. The smallest absolute Gasteiger partial charge is 0.378 e. The van der Waals surface area contributed by atoms with Gasteiger partial charge >= 0.3 is 6.18 Å². The van der Waals surface area contributed by atoms with E-state index in [1.54, 1.807) is 0 Å². The van der Waals surface area contributed by atoms with Gasteiger partial charge < -0.3 is 4.74 Å². The quantitative estimate of drug-likeness (QED) is 0.634. The molecule has 0 radical (unpaired) electrons. The number of rotatable bonds is 6. The van der Waals surface area contributed by atoms with Crippen LogP contribution in [0.2, 0.25) is 0 Å². The van der Waals surface area contributed by atoms with Gasteiger partial charge in [-0.25, -0.2) is 0 Å². The Hall–Kier alpha value is -0.250. The summed E-state index contributed by atoms with van der Waals surface area (Å²) in [5, 5.41) is 0. The lowest BCUT2D eigenvalue weighted by Crippen LogP contribution is -2.15. The van der Waals surface area contributed by atoms with Crippen LogP contribution in [-0.4, -0.2) is 18.9 Å². The lowest BCUT2D eigenvalue weighted by Gasteiger charge is -2.13. The van der Waals surface area contributed by atoms with E-state index in [0.717, 1.165) is 19.3 Å². The van der Waals surface area contributed by atoms with Crippen molar-refractivity contribution in [2.45, 2.75) is 51.8 Å². The monoisotopic (exact) mass is 198 g/mol. The van der Waals surface area contributed by atoms with E-state index in [-0.39, 0.29) is 12.7 Å². The minimum atomic E-state index is -4.09. The van der Waals surface area contributed by atoms with Crippen LogP contribution in [0.25, 0.3) is 0 Å². The summed E-state index contributed by atoms with van der Waals surface area (Å²) >= 11 is 0. The number of hydrogen-bond acceptors (Lipinski definition) is 1. The first kappa shape index (κ1) is 12.8. The maximum absolute atomic E-state index is 11.7. The highest BCUT2D eigenvalue weighted by atomic mass is 19.4. The van der Waals surface area contributed by atoms with Crippen LogP contribution in [0.4, 0.5) is 13.2 Å². The number of hydrogen-bond donors (Lipinski definition) is 0. The molecule has 1 unspecified atom stereocenters. The Labute approximate surface area is 77.3 Å². The maximum Gasteiger partial charge on any atom is 0.391 e. The number of alkyl halides is 3. The second kappa shape index (κ2) is 6.24. The van der Waals surface area contributed by atoms with Crippen molar-refractivity contribution in [2.75, 3.05) is 6.61 Å². The van der Waals surface area contributed by atoms with Gasteiger partial charge in [-0.3, -0.25) is 0 Å². The maximum atomic E-state index is 11.7. The molecule has 0 aromatic carbocycles. The van der Waals surface area contributed by atoms with Crippen molar-refractivity contribution < 1.29 is 17.9 Å². The van der Waals surface area contributed by atoms with Crippen LogP contribution in [0.5, 0.6) is 0 Å². The highest BCUT2D eigenvalue weighted by molar-refractivity contribution is 4.53. The summed E-state index contributed by atoms with van der Waals surface area (Å²) in [6.45, 7) is 3.64. The zero-order valence-corrected chi connectivity index (χ0v) is 8.16. The molecule has 80 valence electrons. The highest BCUT2D eigenvalue weighted by Gasteiger charge is 2.26. The molecule has 0 aliphatic heterocycles. The first-order valence-electron chi connectivity index (χ1n) is 4.64. The third kappa shape index (κ3) is 9.67. The highest BCUT2D eigenvalue weighted by Crippen LogP contribution is 2.19. The van der Waals surface area contributed by atoms with Gasteiger partial charge in [0, 0.05) is 0 Å². The fraction of sp³-hybridized carbons (Fsp3) is 1.00. The van der Waals surface area contributed by atoms with Crippen LogP contribution in [0, 0.1) is 0 Å². The van der Waals surface area contributed by atoms with Gasteiger partial charge in [0.15, 0.2) is 0 Å². The van der Waals surface area contributed by atoms with Gasteiger partial charge in [-0.05, 0) is 13.3 Å².